The van der Waals surface area contributed by atoms with E-state index in [0.29, 0.717) is 11.3 Å². The van der Waals surface area contributed by atoms with E-state index >= 15 is 0 Å². The minimum atomic E-state index is -1.32. The lowest BCUT2D eigenvalue weighted by molar-refractivity contribution is -0.142. The molecule has 2 rings (SSSR count). The van der Waals surface area contributed by atoms with Gasteiger partial charge < -0.3 is 42.6 Å². The molecule has 14 nitrogen and oxygen atoms in total. The number of carbonyl (C=O) groups is 5. The highest BCUT2D eigenvalue weighted by Gasteiger charge is 2.30. The van der Waals surface area contributed by atoms with Gasteiger partial charge in [0.25, 0.3) is 0 Å². The second-order valence-electron chi connectivity index (χ2n) is 8.47. The van der Waals surface area contributed by atoms with E-state index < -0.39 is 53.8 Å². The number of imidazole rings is 1. The molecule has 0 spiro atoms. The lowest BCUT2D eigenvalue weighted by Gasteiger charge is -2.24. The lowest BCUT2D eigenvalue weighted by atomic mass is 10.1. The van der Waals surface area contributed by atoms with Crippen molar-refractivity contribution in [2.24, 2.45) is 11.5 Å². The molecule has 10 N–H and O–H groups in total. The van der Waals surface area contributed by atoms with Crippen LogP contribution in [-0.2, 0) is 36.8 Å². The zero-order valence-corrected chi connectivity index (χ0v) is 21.2. The topological polar surface area (TPSA) is 243 Å². The quantitative estimate of drug-likeness (QED) is 0.111. The summed E-state index contributed by atoms with van der Waals surface area (Å²) in [6.45, 7) is 0. The number of hydrogen-bond acceptors (Lipinski definition) is 9. The van der Waals surface area contributed by atoms with Crippen LogP contribution in [0.2, 0.25) is 0 Å². The van der Waals surface area contributed by atoms with Gasteiger partial charge in [-0.15, -0.1) is 0 Å². The summed E-state index contributed by atoms with van der Waals surface area (Å²) in [5, 5.41) is 26.3. The predicted molar refractivity (Wildman–Crippen MR) is 138 cm³/mol. The SMILES string of the molecule is NC(=O)CCC(N)C(=O)NC(Cc1cnc[nH]1)C(=O)NC(CS)C(=O)NC(Cc1ccc(O)cc1)C(=O)O. The fourth-order valence-corrected chi connectivity index (χ4v) is 3.60. The first-order chi connectivity index (χ1) is 18.0. The van der Waals surface area contributed by atoms with Crippen molar-refractivity contribution in [1.82, 2.24) is 25.9 Å². The van der Waals surface area contributed by atoms with Crippen LogP contribution in [0.1, 0.15) is 24.1 Å². The number of nitrogens with zero attached hydrogens (tertiary/aromatic N) is 1. The number of phenols is 1. The number of carboxylic acids is 1. The molecule has 2 aromatic rings. The Morgan fingerprint density at radius 3 is 2.11 bits per heavy atom. The third kappa shape index (κ3) is 9.74. The number of primary amides is 1. The first-order valence-corrected chi connectivity index (χ1v) is 12.2. The third-order valence-corrected chi connectivity index (χ3v) is 5.82. The molecule has 0 aliphatic rings. The Bertz CT molecular complexity index is 1110. The molecule has 1 heterocycles. The van der Waals surface area contributed by atoms with E-state index in [0.717, 1.165) is 0 Å². The molecule has 0 saturated heterocycles. The second kappa shape index (κ2) is 14.6. The van der Waals surface area contributed by atoms with E-state index in [1.165, 1.54) is 36.8 Å². The van der Waals surface area contributed by atoms with Gasteiger partial charge >= 0.3 is 5.97 Å². The van der Waals surface area contributed by atoms with Crippen LogP contribution >= 0.6 is 12.6 Å². The second-order valence-corrected chi connectivity index (χ2v) is 8.83. The zero-order chi connectivity index (χ0) is 28.2. The van der Waals surface area contributed by atoms with Crippen molar-refractivity contribution < 1.29 is 34.2 Å². The monoisotopic (exact) mass is 549 g/mol. The Hall–Kier alpha value is -4.11. The van der Waals surface area contributed by atoms with Crippen LogP contribution in [0.5, 0.6) is 5.75 Å². The number of rotatable bonds is 15. The van der Waals surface area contributed by atoms with Crippen molar-refractivity contribution in [3.8, 4) is 5.75 Å². The average molecular weight is 550 g/mol. The van der Waals surface area contributed by atoms with E-state index in [4.69, 9.17) is 11.5 Å². The summed E-state index contributed by atoms with van der Waals surface area (Å²) in [6, 6.07) is 0.955. The molecule has 15 heteroatoms. The molecule has 0 aliphatic heterocycles. The van der Waals surface area contributed by atoms with E-state index in [1.54, 1.807) is 0 Å². The van der Waals surface area contributed by atoms with Gasteiger partial charge in [-0.25, -0.2) is 9.78 Å². The summed E-state index contributed by atoms with van der Waals surface area (Å²) in [5.74, 6) is -4.37. The number of benzene rings is 1. The van der Waals surface area contributed by atoms with Crippen molar-refractivity contribution in [3.63, 3.8) is 0 Å². The summed E-state index contributed by atoms with van der Waals surface area (Å²) in [4.78, 5) is 67.9. The van der Waals surface area contributed by atoms with Crippen LogP contribution in [0.4, 0.5) is 0 Å². The molecular weight excluding hydrogens is 518 g/mol. The lowest BCUT2D eigenvalue weighted by Crippen LogP contribution is -2.58. The van der Waals surface area contributed by atoms with Crippen molar-refractivity contribution in [2.75, 3.05) is 5.75 Å². The normalized spacial score (nSPS) is 13.9. The first kappa shape index (κ1) is 30.1. The molecule has 0 radical (unpaired) electrons. The molecule has 1 aromatic heterocycles. The molecule has 4 unspecified atom stereocenters. The summed E-state index contributed by atoms with van der Waals surface area (Å²) in [6.07, 6.45) is 2.58. The number of H-pyrrole nitrogens is 1. The number of aliphatic carboxylic acids is 1. The van der Waals surface area contributed by atoms with Gasteiger partial charge in [0.15, 0.2) is 0 Å². The number of thiol groups is 1. The molecule has 38 heavy (non-hydrogen) atoms. The largest absolute Gasteiger partial charge is 0.508 e. The van der Waals surface area contributed by atoms with Crippen molar-refractivity contribution in [1.29, 1.82) is 0 Å². The van der Waals surface area contributed by atoms with E-state index in [1.807, 2.05) is 0 Å². The van der Waals surface area contributed by atoms with Crippen LogP contribution in [0.15, 0.2) is 36.8 Å². The minimum absolute atomic E-state index is 0.00751. The highest BCUT2D eigenvalue weighted by atomic mass is 32.1. The van der Waals surface area contributed by atoms with Crippen LogP contribution in [0.3, 0.4) is 0 Å². The third-order valence-electron chi connectivity index (χ3n) is 5.46. The number of nitrogens with one attached hydrogen (secondary N) is 4. The number of phenolic OH excluding ortho intramolecular Hbond substituents is 1. The molecule has 4 amide bonds. The molecule has 0 aliphatic carbocycles. The number of aromatic nitrogens is 2. The number of aromatic amines is 1. The first-order valence-electron chi connectivity index (χ1n) is 11.5. The maximum Gasteiger partial charge on any atom is 0.326 e. The molecule has 0 fully saturated rings. The van der Waals surface area contributed by atoms with E-state index in [-0.39, 0.29) is 37.2 Å². The molecule has 4 atom stereocenters. The average Bonchev–Trinajstić information content (AvgIpc) is 3.39. The van der Waals surface area contributed by atoms with Gasteiger partial charge in [-0.1, -0.05) is 12.1 Å². The summed E-state index contributed by atoms with van der Waals surface area (Å²) in [5.41, 5.74) is 11.9. The predicted octanol–water partition coefficient (Wildman–Crippen LogP) is -2.04. The fourth-order valence-electron chi connectivity index (χ4n) is 3.34. The highest BCUT2D eigenvalue weighted by molar-refractivity contribution is 7.80. The van der Waals surface area contributed by atoms with Gasteiger partial charge in [-0.05, 0) is 24.1 Å². The summed E-state index contributed by atoms with van der Waals surface area (Å²) in [7, 11) is 0. The number of hydrogen-bond donors (Lipinski definition) is 9. The van der Waals surface area contributed by atoms with Crippen LogP contribution < -0.4 is 27.4 Å². The summed E-state index contributed by atoms with van der Waals surface area (Å²) < 4.78 is 0. The standard InChI is InChI=1S/C23H31N7O7S/c24-15(5-6-19(25)32)20(33)28-16(8-13-9-26-11-27-13)21(34)30-18(10-38)22(35)29-17(23(36)37)7-12-1-3-14(31)4-2-12/h1-4,9,11,15-18,31,38H,5-8,10,24H2,(H2,25,32)(H,26,27)(H,28,33)(H,29,35)(H,30,34)(H,36,37). The van der Waals surface area contributed by atoms with Crippen LogP contribution in [0, 0.1) is 0 Å². The van der Waals surface area contributed by atoms with Crippen molar-refractivity contribution in [3.05, 3.63) is 48.0 Å². The van der Waals surface area contributed by atoms with Gasteiger partial charge in [0.05, 0.1) is 12.4 Å². The molecular formula is C23H31N7O7S. The van der Waals surface area contributed by atoms with Crippen LogP contribution in [0.25, 0.3) is 0 Å². The van der Waals surface area contributed by atoms with Crippen molar-refractivity contribution in [2.45, 2.75) is 49.9 Å². The Labute approximate surface area is 223 Å². The smallest absolute Gasteiger partial charge is 0.326 e. The molecule has 0 bridgehead atoms. The Balaban J connectivity index is 2.09. The minimum Gasteiger partial charge on any atom is -0.508 e. The maximum atomic E-state index is 13.1. The van der Waals surface area contributed by atoms with E-state index in [2.05, 4.69) is 38.5 Å². The fraction of sp³-hybridized carbons (Fsp3) is 0.391. The summed E-state index contributed by atoms with van der Waals surface area (Å²) >= 11 is 4.10. The molecule has 1 aromatic carbocycles. The Morgan fingerprint density at radius 1 is 0.947 bits per heavy atom. The molecule has 0 saturated carbocycles. The van der Waals surface area contributed by atoms with E-state index in [9.17, 15) is 34.2 Å². The van der Waals surface area contributed by atoms with Crippen LogP contribution in [-0.4, -0.2) is 79.7 Å². The van der Waals surface area contributed by atoms with Gasteiger partial charge in [0.1, 0.15) is 23.9 Å². The Kier molecular flexibility index (Phi) is 11.6. The number of carboxylic acid groups (broad SMARTS) is 1. The highest BCUT2D eigenvalue weighted by Crippen LogP contribution is 2.12. The van der Waals surface area contributed by atoms with Gasteiger partial charge in [-0.2, -0.15) is 12.6 Å². The van der Waals surface area contributed by atoms with Gasteiger partial charge in [0, 0.05) is 36.9 Å². The van der Waals surface area contributed by atoms with Gasteiger partial charge in [0.2, 0.25) is 23.6 Å². The number of nitrogens with two attached hydrogens (primary N) is 2. The van der Waals surface area contributed by atoms with Gasteiger partial charge in [-0.3, -0.25) is 19.2 Å². The number of amides is 4. The van der Waals surface area contributed by atoms with Crippen molar-refractivity contribution >= 4 is 42.2 Å². The Morgan fingerprint density at radius 2 is 1.55 bits per heavy atom. The molecule has 206 valence electrons. The number of aromatic hydroxyl groups is 1. The zero-order valence-electron chi connectivity index (χ0n) is 20.3. The maximum absolute atomic E-state index is 13.1. The number of carbonyl (C=O) groups excluding carboxylic acids is 4.